The second-order valence-electron chi connectivity index (χ2n) is 8.07. The lowest BCUT2D eigenvalue weighted by Gasteiger charge is -2.34. The number of amides is 3. The normalized spacial score (nSPS) is 23.1. The fourth-order valence-electron chi connectivity index (χ4n) is 3.93. The van der Waals surface area contributed by atoms with E-state index in [1.165, 1.54) is 14.6 Å². The molecule has 0 aromatic heterocycles. The van der Waals surface area contributed by atoms with Gasteiger partial charge < -0.3 is 5.32 Å². The number of imide groups is 1. The number of hydrogen-bond acceptors (Lipinski definition) is 5. The van der Waals surface area contributed by atoms with Crippen molar-refractivity contribution in [2.45, 2.75) is 12.5 Å². The molecule has 0 spiro atoms. The van der Waals surface area contributed by atoms with E-state index in [-0.39, 0.29) is 12.6 Å². The van der Waals surface area contributed by atoms with Crippen molar-refractivity contribution in [2.24, 2.45) is 0 Å². The Labute approximate surface area is 188 Å². The SMILES string of the molecule is CC1(c2ccccc2)NC(=O)N(CN2CCN(S(=O)(=O)C=Cc3ccccc3)CC2)C1=O. The molecule has 4 rings (SSSR count). The third-order valence-corrected chi connectivity index (χ3v) is 7.46. The standard InChI is InChI=1S/C23H26N4O4S/c1-23(20-10-6-3-7-11-20)21(28)27(22(29)24-23)18-25-13-15-26(16-14-25)32(30,31)17-12-19-8-4-2-5-9-19/h2-12,17H,13-16,18H2,1H3,(H,24,29). The smallest absolute Gasteiger partial charge is 0.319 e. The molecule has 0 radical (unpaired) electrons. The maximum absolute atomic E-state index is 13.1. The third-order valence-electron chi connectivity index (χ3n) is 5.89. The van der Waals surface area contributed by atoms with E-state index in [0.29, 0.717) is 26.2 Å². The molecular formula is C23H26N4O4S. The van der Waals surface area contributed by atoms with Crippen molar-refractivity contribution in [3.63, 3.8) is 0 Å². The molecule has 3 amide bonds. The molecule has 0 aliphatic carbocycles. The van der Waals surface area contributed by atoms with Crippen LogP contribution in [-0.2, 0) is 20.4 Å². The molecule has 168 valence electrons. The zero-order chi connectivity index (χ0) is 22.8. The second kappa shape index (κ2) is 8.85. The van der Waals surface area contributed by atoms with Crippen LogP contribution in [0.3, 0.4) is 0 Å². The topological polar surface area (TPSA) is 90.0 Å². The number of piperazine rings is 1. The van der Waals surface area contributed by atoms with Crippen LogP contribution in [0.25, 0.3) is 6.08 Å². The summed E-state index contributed by atoms with van der Waals surface area (Å²) in [5.41, 5.74) is 0.433. The predicted octanol–water partition coefficient (Wildman–Crippen LogP) is 2.03. The number of carbonyl (C=O) groups excluding carboxylic acids is 2. The first kappa shape index (κ1) is 22.2. The fraction of sp³-hybridized carbons (Fsp3) is 0.304. The average Bonchev–Trinajstić information content (AvgIpc) is 3.03. The van der Waals surface area contributed by atoms with Gasteiger partial charge in [0.05, 0.1) is 6.67 Å². The molecule has 2 heterocycles. The van der Waals surface area contributed by atoms with Crippen LogP contribution in [0, 0.1) is 0 Å². The third kappa shape index (κ3) is 4.45. The maximum Gasteiger partial charge on any atom is 0.326 e. The Morgan fingerprint density at radius 1 is 0.938 bits per heavy atom. The molecule has 2 aromatic rings. The lowest BCUT2D eigenvalue weighted by atomic mass is 9.92. The molecule has 2 aliphatic rings. The van der Waals surface area contributed by atoms with Crippen LogP contribution in [0.15, 0.2) is 66.1 Å². The monoisotopic (exact) mass is 454 g/mol. The van der Waals surface area contributed by atoms with Crippen LogP contribution < -0.4 is 5.32 Å². The van der Waals surface area contributed by atoms with Gasteiger partial charge in [-0.05, 0) is 24.1 Å². The zero-order valence-electron chi connectivity index (χ0n) is 17.8. The Balaban J connectivity index is 1.36. The molecule has 8 nitrogen and oxygen atoms in total. The number of hydrogen-bond donors (Lipinski definition) is 1. The van der Waals surface area contributed by atoms with E-state index >= 15 is 0 Å². The first-order valence-corrected chi connectivity index (χ1v) is 12.0. The highest BCUT2D eigenvalue weighted by molar-refractivity contribution is 7.92. The number of nitrogens with one attached hydrogen (secondary N) is 1. The summed E-state index contributed by atoms with van der Waals surface area (Å²) in [6, 6.07) is 17.9. The molecule has 2 saturated heterocycles. The highest BCUT2D eigenvalue weighted by atomic mass is 32.2. The minimum absolute atomic E-state index is 0.126. The van der Waals surface area contributed by atoms with E-state index in [0.717, 1.165) is 11.1 Å². The summed E-state index contributed by atoms with van der Waals surface area (Å²) < 4.78 is 26.7. The minimum atomic E-state index is -3.54. The van der Waals surface area contributed by atoms with Crippen molar-refractivity contribution < 1.29 is 18.0 Å². The van der Waals surface area contributed by atoms with E-state index in [1.54, 1.807) is 13.0 Å². The second-order valence-corrected chi connectivity index (χ2v) is 9.89. The van der Waals surface area contributed by atoms with Gasteiger partial charge in [-0.15, -0.1) is 0 Å². The summed E-state index contributed by atoms with van der Waals surface area (Å²) >= 11 is 0. The lowest BCUT2D eigenvalue weighted by Crippen LogP contribution is -2.52. The van der Waals surface area contributed by atoms with Crippen molar-refractivity contribution in [2.75, 3.05) is 32.8 Å². The molecular weight excluding hydrogens is 428 g/mol. The van der Waals surface area contributed by atoms with Gasteiger partial charge in [-0.3, -0.25) is 9.69 Å². The summed E-state index contributed by atoms with van der Waals surface area (Å²) in [5.74, 6) is -0.311. The summed E-state index contributed by atoms with van der Waals surface area (Å²) in [7, 11) is -3.54. The summed E-state index contributed by atoms with van der Waals surface area (Å²) in [5, 5.41) is 4.02. The summed E-state index contributed by atoms with van der Waals surface area (Å²) in [6.07, 6.45) is 1.58. The van der Waals surface area contributed by atoms with Crippen LogP contribution in [0.5, 0.6) is 0 Å². The van der Waals surface area contributed by atoms with Crippen LogP contribution >= 0.6 is 0 Å². The molecule has 1 atom stereocenters. The quantitative estimate of drug-likeness (QED) is 0.675. The first-order valence-electron chi connectivity index (χ1n) is 10.4. The summed E-state index contributed by atoms with van der Waals surface area (Å²) in [6.45, 7) is 3.27. The van der Waals surface area contributed by atoms with Crippen LogP contribution in [-0.4, -0.2) is 67.3 Å². The Morgan fingerprint density at radius 2 is 1.53 bits per heavy atom. The van der Waals surface area contributed by atoms with Gasteiger partial charge in [-0.25, -0.2) is 18.1 Å². The molecule has 2 fully saturated rings. The number of nitrogens with zero attached hydrogens (tertiary/aromatic N) is 3. The van der Waals surface area contributed by atoms with Crippen LogP contribution in [0.4, 0.5) is 4.79 Å². The Hall–Kier alpha value is -3.01. The van der Waals surface area contributed by atoms with Crippen molar-refractivity contribution in [3.8, 4) is 0 Å². The van der Waals surface area contributed by atoms with Crippen molar-refractivity contribution in [1.82, 2.24) is 19.4 Å². The zero-order valence-corrected chi connectivity index (χ0v) is 18.7. The van der Waals surface area contributed by atoms with Gasteiger partial charge >= 0.3 is 6.03 Å². The minimum Gasteiger partial charge on any atom is -0.319 e. The van der Waals surface area contributed by atoms with Gasteiger partial charge in [0.25, 0.3) is 5.91 Å². The number of urea groups is 1. The molecule has 2 aromatic carbocycles. The van der Waals surface area contributed by atoms with Crippen molar-refractivity contribution in [1.29, 1.82) is 0 Å². The number of carbonyl (C=O) groups is 2. The maximum atomic E-state index is 13.1. The molecule has 32 heavy (non-hydrogen) atoms. The first-order chi connectivity index (χ1) is 15.3. The van der Waals surface area contributed by atoms with Gasteiger partial charge in [0.1, 0.15) is 5.54 Å². The molecule has 1 N–H and O–H groups in total. The van der Waals surface area contributed by atoms with E-state index in [9.17, 15) is 18.0 Å². The molecule has 1 unspecified atom stereocenters. The highest BCUT2D eigenvalue weighted by Crippen LogP contribution is 2.28. The Morgan fingerprint density at radius 3 is 2.16 bits per heavy atom. The van der Waals surface area contributed by atoms with Gasteiger partial charge in [0, 0.05) is 31.6 Å². The fourth-order valence-corrected chi connectivity index (χ4v) is 5.11. The Bertz CT molecular complexity index is 1110. The average molecular weight is 455 g/mol. The molecule has 0 saturated carbocycles. The van der Waals surface area contributed by atoms with E-state index < -0.39 is 21.6 Å². The van der Waals surface area contributed by atoms with Crippen molar-refractivity contribution >= 4 is 28.0 Å². The Kier molecular flexibility index (Phi) is 6.14. The van der Waals surface area contributed by atoms with E-state index in [4.69, 9.17) is 0 Å². The largest absolute Gasteiger partial charge is 0.326 e. The number of sulfonamides is 1. The van der Waals surface area contributed by atoms with E-state index in [2.05, 4.69) is 5.32 Å². The highest BCUT2D eigenvalue weighted by Gasteiger charge is 2.49. The van der Waals surface area contributed by atoms with E-state index in [1.807, 2.05) is 65.6 Å². The molecule has 2 aliphatic heterocycles. The predicted molar refractivity (Wildman–Crippen MR) is 122 cm³/mol. The molecule has 9 heteroatoms. The lowest BCUT2D eigenvalue weighted by molar-refractivity contribution is -0.132. The van der Waals surface area contributed by atoms with Crippen LogP contribution in [0.2, 0.25) is 0 Å². The van der Waals surface area contributed by atoms with Gasteiger partial charge in [-0.1, -0.05) is 60.7 Å². The van der Waals surface area contributed by atoms with Gasteiger partial charge in [0.2, 0.25) is 10.0 Å². The number of rotatable bonds is 6. The van der Waals surface area contributed by atoms with Gasteiger partial charge in [-0.2, -0.15) is 4.31 Å². The van der Waals surface area contributed by atoms with Gasteiger partial charge in [0.15, 0.2) is 0 Å². The summed E-state index contributed by atoms with van der Waals surface area (Å²) in [4.78, 5) is 28.7. The van der Waals surface area contributed by atoms with Crippen molar-refractivity contribution in [3.05, 3.63) is 77.2 Å². The molecule has 0 bridgehead atoms. The number of benzene rings is 2. The van der Waals surface area contributed by atoms with Crippen LogP contribution in [0.1, 0.15) is 18.1 Å².